The van der Waals surface area contributed by atoms with Crippen LogP contribution in [0.1, 0.15) is 28.8 Å². The molecule has 3 rings (SSSR count). The summed E-state index contributed by atoms with van der Waals surface area (Å²) < 4.78 is 2.41. The van der Waals surface area contributed by atoms with Gasteiger partial charge in [-0.15, -0.1) is 0 Å². The molecule has 0 bridgehead atoms. The normalized spacial score (nSPS) is 19.2. The number of hydrogen-bond acceptors (Lipinski definition) is 1. The van der Waals surface area contributed by atoms with Crippen LogP contribution in [-0.2, 0) is 19.9 Å². The van der Waals surface area contributed by atoms with E-state index in [1.54, 1.807) is 5.56 Å². The van der Waals surface area contributed by atoms with E-state index in [2.05, 4.69) is 37.6 Å². The maximum Gasteiger partial charge on any atom is 0.0512 e. The van der Waals surface area contributed by atoms with Crippen molar-refractivity contribution in [2.24, 2.45) is 18.7 Å². The van der Waals surface area contributed by atoms with Crippen molar-refractivity contribution in [3.05, 3.63) is 34.5 Å². The molecule has 2 heteroatoms. The quantitative estimate of drug-likeness (QED) is 0.819. The Morgan fingerprint density at radius 2 is 2.11 bits per heavy atom. The van der Waals surface area contributed by atoms with E-state index in [9.17, 15) is 0 Å². The number of hydrogen-bond donors (Lipinski definition) is 1. The highest BCUT2D eigenvalue weighted by molar-refractivity contribution is 5.89. The Kier molecular flexibility index (Phi) is 2.70. The summed E-state index contributed by atoms with van der Waals surface area (Å²) in [6.07, 6.45) is 3.58. The van der Waals surface area contributed by atoms with Gasteiger partial charge < -0.3 is 10.3 Å². The van der Waals surface area contributed by atoms with E-state index >= 15 is 0 Å². The summed E-state index contributed by atoms with van der Waals surface area (Å²) in [5.74, 6) is 0.670. The molecule has 0 fully saturated rings. The first-order valence-corrected chi connectivity index (χ1v) is 6.89. The van der Waals surface area contributed by atoms with Crippen LogP contribution < -0.4 is 5.73 Å². The van der Waals surface area contributed by atoms with E-state index in [1.807, 2.05) is 0 Å². The highest BCUT2D eigenvalue weighted by atomic mass is 15.0. The Morgan fingerprint density at radius 1 is 1.33 bits per heavy atom. The second-order valence-corrected chi connectivity index (χ2v) is 5.81. The Bertz CT molecular complexity index is 607. The predicted molar refractivity (Wildman–Crippen MR) is 77.0 cm³/mol. The lowest BCUT2D eigenvalue weighted by atomic mass is 9.86. The van der Waals surface area contributed by atoms with Crippen molar-refractivity contribution in [3.63, 3.8) is 0 Å². The number of benzene rings is 1. The lowest BCUT2D eigenvalue weighted by Gasteiger charge is -2.21. The van der Waals surface area contributed by atoms with Gasteiger partial charge in [-0.25, -0.2) is 0 Å². The van der Waals surface area contributed by atoms with E-state index in [4.69, 9.17) is 5.73 Å². The fourth-order valence-electron chi connectivity index (χ4n) is 3.61. The number of rotatable bonds is 1. The number of nitrogens with zero attached hydrogens (tertiary/aromatic N) is 1. The Morgan fingerprint density at radius 3 is 2.83 bits per heavy atom. The minimum Gasteiger partial charge on any atom is -0.347 e. The van der Waals surface area contributed by atoms with Crippen molar-refractivity contribution in [1.29, 1.82) is 0 Å². The minimum absolute atomic E-state index is 0.670. The van der Waals surface area contributed by atoms with Crippen LogP contribution in [0, 0.1) is 19.8 Å². The molecule has 0 spiro atoms. The average molecular weight is 242 g/mol. The zero-order valence-electron chi connectivity index (χ0n) is 11.6. The molecule has 0 amide bonds. The SMILES string of the molecule is Cc1cc(C)c2c(c1)c1c(n2C)CCC(CN)C1. The first-order valence-electron chi connectivity index (χ1n) is 6.89. The van der Waals surface area contributed by atoms with E-state index in [0.717, 1.165) is 13.0 Å². The van der Waals surface area contributed by atoms with Gasteiger partial charge in [0.15, 0.2) is 0 Å². The van der Waals surface area contributed by atoms with Crippen LogP contribution in [0.25, 0.3) is 10.9 Å². The Balaban J connectivity index is 2.28. The highest BCUT2D eigenvalue weighted by Crippen LogP contribution is 2.35. The fourth-order valence-corrected chi connectivity index (χ4v) is 3.61. The molecule has 18 heavy (non-hydrogen) atoms. The van der Waals surface area contributed by atoms with E-state index in [-0.39, 0.29) is 0 Å². The van der Waals surface area contributed by atoms with Crippen molar-refractivity contribution in [3.8, 4) is 0 Å². The molecule has 1 atom stereocenters. The molecule has 1 aliphatic rings. The second kappa shape index (κ2) is 4.13. The molecule has 96 valence electrons. The first kappa shape index (κ1) is 11.8. The Hall–Kier alpha value is -1.28. The summed E-state index contributed by atoms with van der Waals surface area (Å²) in [6, 6.07) is 4.63. The summed E-state index contributed by atoms with van der Waals surface area (Å²) >= 11 is 0. The van der Waals surface area contributed by atoms with Gasteiger partial charge in [0, 0.05) is 18.1 Å². The molecule has 2 nitrogen and oxygen atoms in total. The number of nitrogens with two attached hydrogens (primary N) is 1. The van der Waals surface area contributed by atoms with E-state index < -0.39 is 0 Å². The third-order valence-corrected chi connectivity index (χ3v) is 4.47. The monoisotopic (exact) mass is 242 g/mol. The van der Waals surface area contributed by atoms with Crippen molar-refractivity contribution in [2.75, 3.05) is 6.54 Å². The van der Waals surface area contributed by atoms with Crippen molar-refractivity contribution in [1.82, 2.24) is 4.57 Å². The van der Waals surface area contributed by atoms with Crippen LogP contribution in [0.3, 0.4) is 0 Å². The topological polar surface area (TPSA) is 30.9 Å². The van der Waals surface area contributed by atoms with Crippen molar-refractivity contribution < 1.29 is 0 Å². The van der Waals surface area contributed by atoms with E-state index in [0.29, 0.717) is 5.92 Å². The number of aromatic nitrogens is 1. The van der Waals surface area contributed by atoms with Gasteiger partial charge in [-0.1, -0.05) is 11.6 Å². The van der Waals surface area contributed by atoms with Crippen LogP contribution in [0.5, 0.6) is 0 Å². The summed E-state index contributed by atoms with van der Waals surface area (Å²) in [5.41, 5.74) is 13.1. The molecule has 2 N–H and O–H groups in total. The van der Waals surface area contributed by atoms with E-state index in [1.165, 1.54) is 40.6 Å². The molecule has 0 saturated carbocycles. The molecule has 1 unspecified atom stereocenters. The van der Waals surface area contributed by atoms with Gasteiger partial charge in [-0.05, 0) is 62.8 Å². The maximum atomic E-state index is 5.86. The lowest BCUT2D eigenvalue weighted by molar-refractivity contribution is 0.462. The van der Waals surface area contributed by atoms with Crippen LogP contribution in [-0.4, -0.2) is 11.1 Å². The summed E-state index contributed by atoms with van der Waals surface area (Å²) in [7, 11) is 2.21. The number of aryl methyl sites for hydroxylation is 3. The number of fused-ring (bicyclic) bond motifs is 3. The van der Waals surface area contributed by atoms with Crippen LogP contribution in [0.15, 0.2) is 12.1 Å². The average Bonchev–Trinajstić information content (AvgIpc) is 2.62. The lowest BCUT2D eigenvalue weighted by Crippen LogP contribution is -2.22. The largest absolute Gasteiger partial charge is 0.347 e. The van der Waals surface area contributed by atoms with Crippen LogP contribution in [0.4, 0.5) is 0 Å². The molecule has 1 heterocycles. The van der Waals surface area contributed by atoms with Crippen LogP contribution in [0.2, 0.25) is 0 Å². The molecular formula is C16H22N2. The molecule has 0 aliphatic heterocycles. The highest BCUT2D eigenvalue weighted by Gasteiger charge is 2.24. The van der Waals surface area contributed by atoms with Crippen molar-refractivity contribution >= 4 is 10.9 Å². The molecule has 1 aromatic carbocycles. The molecule has 0 saturated heterocycles. The molecular weight excluding hydrogens is 220 g/mol. The summed E-state index contributed by atoms with van der Waals surface area (Å²) in [6.45, 7) is 5.23. The standard InChI is InChI=1S/C16H22N2/c1-10-6-11(2)16-14(7-10)13-8-12(9-17)4-5-15(13)18(16)3/h6-7,12H,4-5,8-9,17H2,1-3H3. The fraction of sp³-hybridized carbons (Fsp3) is 0.500. The second-order valence-electron chi connectivity index (χ2n) is 5.81. The predicted octanol–water partition coefficient (Wildman–Crippen LogP) is 2.86. The maximum absolute atomic E-state index is 5.86. The van der Waals surface area contributed by atoms with Gasteiger partial charge in [0.1, 0.15) is 0 Å². The molecule has 1 aromatic heterocycles. The Labute approximate surface area is 109 Å². The zero-order chi connectivity index (χ0) is 12.9. The van der Waals surface area contributed by atoms with Gasteiger partial charge in [0.25, 0.3) is 0 Å². The molecule has 2 aromatic rings. The zero-order valence-corrected chi connectivity index (χ0v) is 11.6. The minimum atomic E-state index is 0.670. The van der Waals surface area contributed by atoms with Gasteiger partial charge >= 0.3 is 0 Å². The smallest absolute Gasteiger partial charge is 0.0512 e. The van der Waals surface area contributed by atoms with Gasteiger partial charge in [0.05, 0.1) is 5.52 Å². The molecule has 0 radical (unpaired) electrons. The first-order chi connectivity index (χ1) is 8.61. The molecule has 1 aliphatic carbocycles. The summed E-state index contributed by atoms with van der Waals surface area (Å²) in [5, 5.41) is 1.46. The van der Waals surface area contributed by atoms with Crippen molar-refractivity contribution in [2.45, 2.75) is 33.1 Å². The third-order valence-electron chi connectivity index (χ3n) is 4.47. The summed E-state index contributed by atoms with van der Waals surface area (Å²) in [4.78, 5) is 0. The third kappa shape index (κ3) is 1.59. The van der Waals surface area contributed by atoms with Gasteiger partial charge in [-0.3, -0.25) is 0 Å². The van der Waals surface area contributed by atoms with Gasteiger partial charge in [0.2, 0.25) is 0 Å². The van der Waals surface area contributed by atoms with Gasteiger partial charge in [-0.2, -0.15) is 0 Å². The van der Waals surface area contributed by atoms with Crippen LogP contribution >= 0.6 is 0 Å².